The van der Waals surface area contributed by atoms with Crippen molar-refractivity contribution in [1.82, 2.24) is 20.3 Å². The molecule has 2 atom stereocenters. The highest BCUT2D eigenvalue weighted by Crippen LogP contribution is 2.23. The Morgan fingerprint density at radius 2 is 2.26 bits per heavy atom. The second-order valence-electron chi connectivity index (χ2n) is 4.99. The third kappa shape index (κ3) is 4.00. The maximum Gasteiger partial charge on any atom is 0.358 e. The summed E-state index contributed by atoms with van der Waals surface area (Å²) in [5, 5.41) is 29.1. The van der Waals surface area contributed by atoms with Gasteiger partial charge in [-0.05, 0) is 18.8 Å². The molecule has 1 aliphatic carbocycles. The number of hydrogen-bond acceptors (Lipinski definition) is 5. The number of aliphatic hydroxyl groups excluding tert-OH is 1. The molecule has 0 radical (unpaired) electrons. The average molecular weight is 268 g/mol. The Bertz CT molecular complexity index is 421. The molecule has 1 saturated carbocycles. The molecule has 0 bridgehead atoms. The van der Waals surface area contributed by atoms with Gasteiger partial charge in [0.05, 0.1) is 18.8 Å². The van der Waals surface area contributed by atoms with Gasteiger partial charge in [0.2, 0.25) is 0 Å². The van der Waals surface area contributed by atoms with E-state index in [2.05, 4.69) is 15.6 Å². The molecule has 0 spiro atoms. The number of carbonyl (C=O) groups is 1. The van der Waals surface area contributed by atoms with Crippen LogP contribution in [0.15, 0.2) is 6.20 Å². The van der Waals surface area contributed by atoms with Gasteiger partial charge < -0.3 is 15.5 Å². The van der Waals surface area contributed by atoms with Gasteiger partial charge >= 0.3 is 5.97 Å². The van der Waals surface area contributed by atoms with Gasteiger partial charge in [-0.3, -0.25) is 4.68 Å². The minimum atomic E-state index is -1.07. The fourth-order valence-corrected chi connectivity index (χ4v) is 2.41. The maximum atomic E-state index is 10.6. The predicted octanol–water partition coefficient (Wildman–Crippen LogP) is 0.117. The fourth-order valence-electron chi connectivity index (χ4n) is 2.41. The van der Waals surface area contributed by atoms with Crippen molar-refractivity contribution in [2.45, 2.75) is 38.3 Å². The van der Waals surface area contributed by atoms with Crippen LogP contribution in [-0.2, 0) is 6.54 Å². The molecule has 3 N–H and O–H groups in total. The molecule has 2 rings (SSSR count). The van der Waals surface area contributed by atoms with Crippen molar-refractivity contribution in [3.63, 3.8) is 0 Å². The number of aromatic carboxylic acids is 1. The zero-order chi connectivity index (χ0) is 13.7. The summed E-state index contributed by atoms with van der Waals surface area (Å²) in [6.45, 7) is 2.05. The first kappa shape index (κ1) is 14.0. The molecule has 7 nitrogen and oxygen atoms in total. The summed E-state index contributed by atoms with van der Waals surface area (Å²) in [6.07, 6.45) is 5.51. The molecule has 7 heteroatoms. The van der Waals surface area contributed by atoms with E-state index in [9.17, 15) is 9.90 Å². The number of nitrogens with one attached hydrogen (secondary N) is 1. The zero-order valence-corrected chi connectivity index (χ0v) is 10.8. The lowest BCUT2D eigenvalue weighted by atomic mass is 9.86. The van der Waals surface area contributed by atoms with Gasteiger partial charge in [0, 0.05) is 13.1 Å². The smallest absolute Gasteiger partial charge is 0.358 e. The second kappa shape index (κ2) is 6.63. The van der Waals surface area contributed by atoms with Crippen molar-refractivity contribution in [2.75, 3.05) is 13.1 Å². The van der Waals surface area contributed by atoms with Gasteiger partial charge in [-0.25, -0.2) is 4.79 Å². The van der Waals surface area contributed by atoms with Crippen molar-refractivity contribution in [3.05, 3.63) is 11.9 Å². The third-order valence-corrected chi connectivity index (χ3v) is 3.55. The minimum absolute atomic E-state index is 0.0392. The highest BCUT2D eigenvalue weighted by molar-refractivity contribution is 5.84. The van der Waals surface area contributed by atoms with Crippen LogP contribution in [0, 0.1) is 5.92 Å². The Morgan fingerprint density at radius 1 is 1.47 bits per heavy atom. The summed E-state index contributed by atoms with van der Waals surface area (Å²) < 4.78 is 1.51. The van der Waals surface area contributed by atoms with E-state index in [0.29, 0.717) is 19.0 Å². The van der Waals surface area contributed by atoms with E-state index in [1.54, 1.807) is 0 Å². The first-order valence-corrected chi connectivity index (χ1v) is 6.69. The molecule has 1 fully saturated rings. The molecule has 19 heavy (non-hydrogen) atoms. The summed E-state index contributed by atoms with van der Waals surface area (Å²) >= 11 is 0. The highest BCUT2D eigenvalue weighted by atomic mass is 16.4. The first-order chi connectivity index (χ1) is 9.16. The lowest BCUT2D eigenvalue weighted by Crippen LogP contribution is -2.35. The van der Waals surface area contributed by atoms with Crippen LogP contribution in [0.5, 0.6) is 0 Å². The van der Waals surface area contributed by atoms with E-state index >= 15 is 0 Å². The number of hydrogen-bond donors (Lipinski definition) is 3. The summed E-state index contributed by atoms with van der Waals surface area (Å²) in [4.78, 5) is 10.6. The van der Waals surface area contributed by atoms with E-state index in [1.807, 2.05) is 0 Å². The summed E-state index contributed by atoms with van der Waals surface area (Å²) in [5.41, 5.74) is -0.0392. The highest BCUT2D eigenvalue weighted by Gasteiger charge is 2.22. The summed E-state index contributed by atoms with van der Waals surface area (Å²) in [6, 6.07) is 0. The van der Waals surface area contributed by atoms with Crippen LogP contribution in [0.1, 0.15) is 36.2 Å². The molecule has 106 valence electrons. The molecule has 0 aromatic carbocycles. The monoisotopic (exact) mass is 268 g/mol. The molecular weight excluding hydrogens is 248 g/mol. The minimum Gasteiger partial charge on any atom is -0.476 e. The molecule has 1 aromatic rings. The Balaban J connectivity index is 1.67. The lowest BCUT2D eigenvalue weighted by Gasteiger charge is -2.27. The van der Waals surface area contributed by atoms with Crippen molar-refractivity contribution in [3.8, 4) is 0 Å². The molecule has 0 saturated heterocycles. The fraction of sp³-hybridized carbons (Fsp3) is 0.750. The van der Waals surface area contributed by atoms with Crippen LogP contribution in [0.4, 0.5) is 0 Å². The number of carboxylic acid groups (broad SMARTS) is 1. The number of aromatic nitrogens is 3. The van der Waals surface area contributed by atoms with Crippen molar-refractivity contribution >= 4 is 5.97 Å². The molecule has 1 aliphatic rings. The van der Waals surface area contributed by atoms with Gasteiger partial charge in [-0.2, -0.15) is 0 Å². The largest absolute Gasteiger partial charge is 0.476 e. The van der Waals surface area contributed by atoms with Crippen LogP contribution >= 0.6 is 0 Å². The van der Waals surface area contributed by atoms with Gasteiger partial charge in [-0.15, -0.1) is 5.10 Å². The normalized spacial score (nSPS) is 23.4. The Hall–Kier alpha value is -1.47. The molecule has 0 amide bonds. The van der Waals surface area contributed by atoms with E-state index in [0.717, 1.165) is 25.8 Å². The number of aliphatic hydroxyl groups is 1. The molecule has 2 unspecified atom stereocenters. The van der Waals surface area contributed by atoms with Gasteiger partial charge in [-0.1, -0.05) is 18.1 Å². The topological polar surface area (TPSA) is 100 Å². The van der Waals surface area contributed by atoms with Gasteiger partial charge in [0.15, 0.2) is 5.69 Å². The molecule has 0 aliphatic heterocycles. The Morgan fingerprint density at radius 3 is 2.95 bits per heavy atom. The summed E-state index contributed by atoms with van der Waals surface area (Å²) in [5.74, 6) is -0.733. The van der Waals surface area contributed by atoms with Crippen LogP contribution < -0.4 is 5.32 Å². The number of nitrogens with zero attached hydrogens (tertiary/aromatic N) is 3. The standard InChI is InChI=1S/C12H20N4O3/c17-11-4-2-1-3-9(11)7-13-5-6-16-8-10(12(18)19)14-15-16/h8-9,11,13,17H,1-7H2,(H,18,19). The SMILES string of the molecule is O=C(O)c1cn(CCNCC2CCCCC2O)nn1. The van der Waals surface area contributed by atoms with Crippen molar-refractivity contribution in [2.24, 2.45) is 5.92 Å². The molecular formula is C12H20N4O3. The van der Waals surface area contributed by atoms with Crippen LogP contribution in [-0.4, -0.2) is 50.4 Å². The van der Waals surface area contributed by atoms with E-state index in [1.165, 1.54) is 17.3 Å². The Kier molecular flexibility index (Phi) is 4.86. The second-order valence-corrected chi connectivity index (χ2v) is 4.99. The lowest BCUT2D eigenvalue weighted by molar-refractivity contribution is 0.0687. The molecule has 1 aromatic heterocycles. The van der Waals surface area contributed by atoms with Crippen LogP contribution in [0.3, 0.4) is 0 Å². The van der Waals surface area contributed by atoms with Gasteiger partial charge in [0.1, 0.15) is 0 Å². The van der Waals surface area contributed by atoms with Crippen molar-refractivity contribution in [1.29, 1.82) is 0 Å². The van der Waals surface area contributed by atoms with E-state index in [-0.39, 0.29) is 11.8 Å². The van der Waals surface area contributed by atoms with Crippen molar-refractivity contribution < 1.29 is 15.0 Å². The number of rotatable bonds is 6. The van der Waals surface area contributed by atoms with E-state index in [4.69, 9.17) is 5.11 Å². The number of carboxylic acids is 1. The maximum absolute atomic E-state index is 10.6. The van der Waals surface area contributed by atoms with Crippen LogP contribution in [0.25, 0.3) is 0 Å². The quantitative estimate of drug-likeness (QED) is 0.633. The first-order valence-electron chi connectivity index (χ1n) is 6.69. The summed E-state index contributed by atoms with van der Waals surface area (Å²) in [7, 11) is 0. The predicted molar refractivity (Wildman–Crippen MR) is 67.8 cm³/mol. The van der Waals surface area contributed by atoms with Gasteiger partial charge in [0.25, 0.3) is 0 Å². The third-order valence-electron chi connectivity index (χ3n) is 3.55. The van der Waals surface area contributed by atoms with E-state index < -0.39 is 5.97 Å². The zero-order valence-electron chi connectivity index (χ0n) is 10.8. The van der Waals surface area contributed by atoms with Crippen LogP contribution in [0.2, 0.25) is 0 Å². The average Bonchev–Trinajstić information content (AvgIpc) is 2.85. The Labute approximate surface area is 111 Å². The molecule has 1 heterocycles.